The van der Waals surface area contributed by atoms with Crippen LogP contribution >= 0.6 is 0 Å². The maximum Gasteiger partial charge on any atom is 0.272 e. The van der Waals surface area contributed by atoms with Gasteiger partial charge in [0.2, 0.25) is 0 Å². The van der Waals surface area contributed by atoms with Crippen LogP contribution in [0.2, 0.25) is 0 Å². The fourth-order valence-corrected chi connectivity index (χ4v) is 3.82. The standard InChI is InChI=1S/C23H26N4O2/c1-29-20-12-10-19(11-13-20)27-22(17-7-6-14-24-16-17)15-21(26-27)23(28)25-18-8-4-2-3-5-9-18/h6-7,10-16,18H,2-5,8-9H2,1H3,(H,25,28). The Morgan fingerprint density at radius 1 is 1.10 bits per heavy atom. The summed E-state index contributed by atoms with van der Waals surface area (Å²) in [5, 5.41) is 7.82. The minimum atomic E-state index is -0.116. The van der Waals surface area contributed by atoms with Crippen molar-refractivity contribution in [2.75, 3.05) is 7.11 Å². The number of carbonyl (C=O) groups excluding carboxylic acids is 1. The van der Waals surface area contributed by atoms with E-state index in [9.17, 15) is 4.79 Å². The van der Waals surface area contributed by atoms with Crippen molar-refractivity contribution in [1.29, 1.82) is 0 Å². The summed E-state index contributed by atoms with van der Waals surface area (Å²) in [5.41, 5.74) is 3.01. The highest BCUT2D eigenvalue weighted by atomic mass is 16.5. The first-order valence-electron chi connectivity index (χ1n) is 10.2. The summed E-state index contributed by atoms with van der Waals surface area (Å²) in [6.45, 7) is 0. The van der Waals surface area contributed by atoms with Gasteiger partial charge >= 0.3 is 0 Å². The van der Waals surface area contributed by atoms with Gasteiger partial charge in [0, 0.05) is 24.0 Å². The van der Waals surface area contributed by atoms with E-state index in [4.69, 9.17) is 4.74 Å². The molecule has 150 valence electrons. The van der Waals surface area contributed by atoms with Gasteiger partial charge < -0.3 is 10.1 Å². The molecule has 1 saturated carbocycles. The fraction of sp³-hybridized carbons (Fsp3) is 0.348. The lowest BCUT2D eigenvalue weighted by molar-refractivity contribution is 0.0928. The topological polar surface area (TPSA) is 69.0 Å². The summed E-state index contributed by atoms with van der Waals surface area (Å²) in [7, 11) is 1.64. The molecule has 1 fully saturated rings. The SMILES string of the molecule is COc1ccc(-n2nc(C(=O)NC3CCCCCC3)cc2-c2cccnc2)cc1. The smallest absolute Gasteiger partial charge is 0.272 e. The molecule has 0 unspecified atom stereocenters. The van der Waals surface area contributed by atoms with Gasteiger partial charge in [0.1, 0.15) is 5.75 Å². The van der Waals surface area contributed by atoms with Gasteiger partial charge in [0.25, 0.3) is 5.91 Å². The van der Waals surface area contributed by atoms with Crippen molar-refractivity contribution in [3.63, 3.8) is 0 Å². The van der Waals surface area contributed by atoms with Crippen LogP contribution in [0.5, 0.6) is 5.75 Å². The number of pyridine rings is 1. The second-order valence-corrected chi connectivity index (χ2v) is 7.43. The normalized spacial score (nSPS) is 14.9. The maximum atomic E-state index is 12.9. The van der Waals surface area contributed by atoms with Crippen LogP contribution in [-0.2, 0) is 0 Å². The molecule has 0 saturated heterocycles. The first-order chi connectivity index (χ1) is 14.2. The largest absolute Gasteiger partial charge is 0.497 e. The van der Waals surface area contributed by atoms with Crippen LogP contribution in [0.25, 0.3) is 16.9 Å². The third-order valence-electron chi connectivity index (χ3n) is 5.41. The third-order valence-corrected chi connectivity index (χ3v) is 5.41. The Labute approximate surface area is 170 Å². The van der Waals surface area contributed by atoms with Crippen LogP contribution < -0.4 is 10.1 Å². The molecule has 1 aliphatic rings. The lowest BCUT2D eigenvalue weighted by atomic mass is 10.1. The lowest BCUT2D eigenvalue weighted by Crippen LogP contribution is -2.34. The van der Waals surface area contributed by atoms with Gasteiger partial charge in [-0.15, -0.1) is 0 Å². The summed E-state index contributed by atoms with van der Waals surface area (Å²) in [6.07, 6.45) is 10.5. The highest BCUT2D eigenvalue weighted by molar-refractivity contribution is 5.93. The number of ether oxygens (including phenoxy) is 1. The second-order valence-electron chi connectivity index (χ2n) is 7.43. The Morgan fingerprint density at radius 3 is 2.52 bits per heavy atom. The van der Waals surface area contributed by atoms with Crippen LogP contribution in [0.15, 0.2) is 54.9 Å². The minimum Gasteiger partial charge on any atom is -0.497 e. The number of hydrogen-bond acceptors (Lipinski definition) is 4. The van der Waals surface area contributed by atoms with E-state index in [2.05, 4.69) is 15.4 Å². The zero-order chi connectivity index (χ0) is 20.1. The molecule has 29 heavy (non-hydrogen) atoms. The molecule has 4 rings (SSSR count). The van der Waals surface area contributed by atoms with E-state index in [1.54, 1.807) is 24.2 Å². The molecule has 1 amide bonds. The van der Waals surface area contributed by atoms with Crippen molar-refractivity contribution >= 4 is 5.91 Å². The molecule has 1 N–H and O–H groups in total. The van der Waals surface area contributed by atoms with E-state index in [1.807, 2.05) is 42.5 Å². The first-order valence-corrected chi connectivity index (χ1v) is 10.2. The molecule has 2 aromatic heterocycles. The Hall–Kier alpha value is -3.15. The molecule has 6 heteroatoms. The van der Waals surface area contributed by atoms with Crippen LogP contribution in [-0.4, -0.2) is 33.8 Å². The molecule has 0 aliphatic heterocycles. The van der Waals surface area contributed by atoms with E-state index in [1.165, 1.54) is 25.7 Å². The van der Waals surface area contributed by atoms with Crippen LogP contribution in [0, 0.1) is 0 Å². The highest BCUT2D eigenvalue weighted by Gasteiger charge is 2.20. The lowest BCUT2D eigenvalue weighted by Gasteiger charge is -2.15. The Bertz CT molecular complexity index is 943. The van der Waals surface area contributed by atoms with Crippen molar-refractivity contribution in [3.05, 3.63) is 60.6 Å². The summed E-state index contributed by atoms with van der Waals surface area (Å²) in [6, 6.07) is 13.6. The number of carbonyl (C=O) groups is 1. The van der Waals surface area contributed by atoms with E-state index in [0.29, 0.717) is 5.69 Å². The maximum absolute atomic E-state index is 12.9. The van der Waals surface area contributed by atoms with Gasteiger partial charge in [-0.3, -0.25) is 9.78 Å². The zero-order valence-electron chi connectivity index (χ0n) is 16.7. The molecular formula is C23H26N4O2. The Balaban J connectivity index is 1.66. The summed E-state index contributed by atoms with van der Waals surface area (Å²) < 4.78 is 7.04. The molecule has 0 radical (unpaired) electrons. The zero-order valence-corrected chi connectivity index (χ0v) is 16.7. The molecule has 0 bridgehead atoms. The third kappa shape index (κ3) is 4.47. The predicted molar refractivity (Wildman–Crippen MR) is 112 cm³/mol. The highest BCUT2D eigenvalue weighted by Crippen LogP contribution is 2.25. The van der Waals surface area contributed by atoms with Gasteiger partial charge in [0.05, 0.1) is 18.5 Å². The van der Waals surface area contributed by atoms with Gasteiger partial charge in [-0.2, -0.15) is 5.10 Å². The predicted octanol–water partition coefficient (Wildman–Crippen LogP) is 4.40. The van der Waals surface area contributed by atoms with Gasteiger partial charge in [-0.1, -0.05) is 25.7 Å². The van der Waals surface area contributed by atoms with Crippen LogP contribution in [0.1, 0.15) is 49.0 Å². The summed E-state index contributed by atoms with van der Waals surface area (Å²) >= 11 is 0. The number of methoxy groups -OCH3 is 1. The van der Waals surface area contributed by atoms with E-state index in [0.717, 1.165) is 35.5 Å². The van der Waals surface area contributed by atoms with Crippen molar-refractivity contribution in [3.8, 4) is 22.7 Å². The van der Waals surface area contributed by atoms with E-state index < -0.39 is 0 Å². The molecule has 6 nitrogen and oxygen atoms in total. The molecule has 1 aromatic carbocycles. The first kappa shape index (κ1) is 19.2. The summed E-state index contributed by atoms with van der Waals surface area (Å²) in [4.78, 5) is 17.2. The van der Waals surface area contributed by atoms with Crippen molar-refractivity contribution < 1.29 is 9.53 Å². The molecule has 1 aliphatic carbocycles. The molecule has 0 spiro atoms. The second kappa shape index (κ2) is 8.90. The molecule has 2 heterocycles. The average molecular weight is 390 g/mol. The van der Waals surface area contributed by atoms with E-state index >= 15 is 0 Å². The number of nitrogens with zero attached hydrogens (tertiary/aromatic N) is 3. The van der Waals surface area contributed by atoms with Gasteiger partial charge in [-0.25, -0.2) is 4.68 Å². The fourth-order valence-electron chi connectivity index (χ4n) is 3.82. The molecule has 0 atom stereocenters. The number of nitrogens with one attached hydrogen (secondary N) is 1. The van der Waals surface area contributed by atoms with Crippen molar-refractivity contribution in [2.45, 2.75) is 44.6 Å². The number of benzene rings is 1. The van der Waals surface area contributed by atoms with E-state index in [-0.39, 0.29) is 11.9 Å². The van der Waals surface area contributed by atoms with Crippen LogP contribution in [0.3, 0.4) is 0 Å². The quantitative estimate of drug-likeness (QED) is 0.656. The number of hydrogen-bond donors (Lipinski definition) is 1. The van der Waals surface area contributed by atoms with Gasteiger partial charge in [0.15, 0.2) is 5.69 Å². The molecule has 3 aromatic rings. The number of amides is 1. The monoisotopic (exact) mass is 390 g/mol. The van der Waals surface area contributed by atoms with Gasteiger partial charge in [-0.05, 0) is 55.3 Å². The number of rotatable bonds is 5. The summed E-state index contributed by atoms with van der Waals surface area (Å²) in [5.74, 6) is 0.657. The number of aromatic nitrogens is 3. The average Bonchev–Trinajstić information content (AvgIpc) is 3.06. The Morgan fingerprint density at radius 2 is 1.86 bits per heavy atom. The van der Waals surface area contributed by atoms with Crippen LogP contribution in [0.4, 0.5) is 0 Å². The Kier molecular flexibility index (Phi) is 5.89. The van der Waals surface area contributed by atoms with Crippen molar-refractivity contribution in [1.82, 2.24) is 20.1 Å². The molecular weight excluding hydrogens is 364 g/mol. The van der Waals surface area contributed by atoms with Crippen molar-refractivity contribution in [2.24, 2.45) is 0 Å². The minimum absolute atomic E-state index is 0.116.